The molecule has 66 heavy (non-hydrogen) atoms. The molecule has 9 heteroatoms. The van der Waals surface area contributed by atoms with Gasteiger partial charge in [0.15, 0.2) is 0 Å². The molecular formula is C57H114NO7P. The monoisotopic (exact) mass is 956 g/mol. The number of nitrogens with zero attached hydrogens (tertiary/aromatic N) is 1. The van der Waals surface area contributed by atoms with Crippen LogP contribution in [0.5, 0.6) is 0 Å². The van der Waals surface area contributed by atoms with Crippen LogP contribution < -0.4 is 4.89 Å². The maximum Gasteiger partial charge on any atom is 0.306 e. The minimum Gasteiger partial charge on any atom is -0.756 e. The summed E-state index contributed by atoms with van der Waals surface area (Å²) in [5, 5.41) is 0. The summed E-state index contributed by atoms with van der Waals surface area (Å²) in [6.07, 6.45) is 59.7. The van der Waals surface area contributed by atoms with Crippen LogP contribution in [-0.2, 0) is 27.9 Å². The Balaban J connectivity index is 4.00. The van der Waals surface area contributed by atoms with Crippen molar-refractivity contribution in [3.05, 3.63) is 12.2 Å². The van der Waals surface area contributed by atoms with Crippen LogP contribution in [0.25, 0.3) is 0 Å². The molecule has 0 rings (SSSR count). The average molecular weight is 957 g/mol. The van der Waals surface area contributed by atoms with E-state index >= 15 is 0 Å². The molecule has 2 unspecified atom stereocenters. The van der Waals surface area contributed by atoms with Gasteiger partial charge in [0.1, 0.15) is 19.3 Å². The second-order valence-electron chi connectivity index (χ2n) is 21.0. The maximum absolute atomic E-state index is 12.8. The van der Waals surface area contributed by atoms with Gasteiger partial charge in [0.2, 0.25) is 0 Å². The number of hydrogen-bond acceptors (Lipinski definition) is 7. The van der Waals surface area contributed by atoms with Crippen molar-refractivity contribution in [1.82, 2.24) is 0 Å². The Labute approximate surface area is 411 Å². The summed E-state index contributed by atoms with van der Waals surface area (Å²) < 4.78 is 34.9. The summed E-state index contributed by atoms with van der Waals surface area (Å²) in [5.41, 5.74) is 0. The number of phosphoric ester groups is 1. The van der Waals surface area contributed by atoms with Crippen molar-refractivity contribution in [2.75, 3.05) is 54.1 Å². The first-order chi connectivity index (χ1) is 32.1. The Bertz CT molecular complexity index is 1070. The summed E-state index contributed by atoms with van der Waals surface area (Å²) in [6, 6.07) is 0. The maximum atomic E-state index is 12.8. The van der Waals surface area contributed by atoms with Crippen LogP contribution in [0.15, 0.2) is 12.2 Å². The van der Waals surface area contributed by atoms with E-state index in [0.717, 1.165) is 32.1 Å². The fraction of sp³-hybridized carbons (Fsp3) is 0.947. The average Bonchev–Trinajstić information content (AvgIpc) is 3.28. The number of likely N-dealkylation sites (N-methyl/N-ethyl adjacent to an activating group) is 1. The number of ether oxygens (including phenoxy) is 2. The summed E-state index contributed by atoms with van der Waals surface area (Å²) in [7, 11) is 1.38. The van der Waals surface area contributed by atoms with E-state index in [2.05, 4.69) is 26.0 Å². The highest BCUT2D eigenvalue weighted by Crippen LogP contribution is 2.38. The Hall–Kier alpha value is -0.760. The first-order valence-electron chi connectivity index (χ1n) is 28.9. The molecule has 0 aliphatic rings. The smallest absolute Gasteiger partial charge is 0.306 e. The number of carbonyl (C=O) groups is 1. The molecule has 0 aliphatic heterocycles. The van der Waals surface area contributed by atoms with Gasteiger partial charge < -0.3 is 27.9 Å². The van der Waals surface area contributed by atoms with E-state index in [1.165, 1.54) is 238 Å². The third kappa shape index (κ3) is 54.2. The van der Waals surface area contributed by atoms with Gasteiger partial charge in [-0.25, -0.2) is 0 Å². The molecule has 0 spiro atoms. The molecule has 0 bridgehead atoms. The van der Waals surface area contributed by atoms with Gasteiger partial charge in [0.05, 0.1) is 34.4 Å². The zero-order valence-electron chi connectivity index (χ0n) is 44.9. The quantitative estimate of drug-likeness (QED) is 0.0197. The van der Waals surface area contributed by atoms with Crippen molar-refractivity contribution in [2.24, 2.45) is 0 Å². The molecule has 394 valence electrons. The molecule has 2 atom stereocenters. The molecule has 0 saturated carbocycles. The molecule has 0 saturated heterocycles. The van der Waals surface area contributed by atoms with Crippen molar-refractivity contribution >= 4 is 13.8 Å². The molecule has 8 nitrogen and oxygen atoms in total. The highest BCUT2D eigenvalue weighted by molar-refractivity contribution is 7.45. The molecule has 0 aliphatic carbocycles. The standard InChI is InChI=1S/C57H114NO7P/c1-6-8-10-12-14-16-18-20-22-24-26-27-28-29-30-31-32-33-35-37-39-41-43-45-47-49-52-62-54-56(55-64-66(60,61)63-53-51-58(3,4)5)65-57(59)50-48-46-44-42-40-38-36-34-25-23-21-19-17-15-13-11-9-7-2/h24,26,56H,6-23,25,27-55H2,1-5H3/b26-24-. The number of phosphoric acid groups is 1. The van der Waals surface area contributed by atoms with E-state index in [1.807, 2.05) is 21.1 Å². The number of quaternary nitrogens is 1. The van der Waals surface area contributed by atoms with Crippen molar-refractivity contribution in [1.29, 1.82) is 0 Å². The van der Waals surface area contributed by atoms with Crippen LogP contribution in [0.3, 0.4) is 0 Å². The largest absolute Gasteiger partial charge is 0.756 e. The molecular weight excluding hydrogens is 842 g/mol. The van der Waals surface area contributed by atoms with Gasteiger partial charge in [-0.2, -0.15) is 0 Å². The van der Waals surface area contributed by atoms with Crippen LogP contribution in [0, 0.1) is 0 Å². The Kier molecular flexibility index (Phi) is 50.0. The molecule has 0 aromatic rings. The molecule has 0 aromatic heterocycles. The fourth-order valence-electron chi connectivity index (χ4n) is 8.60. The lowest BCUT2D eigenvalue weighted by Crippen LogP contribution is -2.37. The van der Waals surface area contributed by atoms with Crippen molar-refractivity contribution in [2.45, 2.75) is 296 Å². The normalized spacial score (nSPS) is 13.5. The third-order valence-electron chi connectivity index (χ3n) is 13.1. The first-order valence-corrected chi connectivity index (χ1v) is 30.4. The molecule has 0 amide bonds. The third-order valence-corrected chi connectivity index (χ3v) is 14.0. The lowest BCUT2D eigenvalue weighted by molar-refractivity contribution is -0.870. The molecule has 0 radical (unpaired) electrons. The first kappa shape index (κ1) is 65.2. The molecule has 0 heterocycles. The number of hydrogen-bond donors (Lipinski definition) is 0. The second-order valence-corrected chi connectivity index (χ2v) is 22.4. The van der Waals surface area contributed by atoms with Gasteiger partial charge >= 0.3 is 5.97 Å². The number of rotatable bonds is 55. The Morgan fingerprint density at radius 2 is 0.788 bits per heavy atom. The summed E-state index contributed by atoms with van der Waals surface area (Å²) in [6.45, 7) is 5.49. The SMILES string of the molecule is CCCCCCCCCC/C=C\CCCCCCCCCCCCCCCCOCC(COP(=O)([O-])OCC[N+](C)(C)C)OC(=O)CCCCCCCCCCCCCCCCCCCC. The molecule has 0 N–H and O–H groups in total. The zero-order chi connectivity index (χ0) is 48.3. The van der Waals surface area contributed by atoms with Gasteiger partial charge in [-0.05, 0) is 38.5 Å². The van der Waals surface area contributed by atoms with E-state index in [1.54, 1.807) is 0 Å². The number of allylic oxidation sites excluding steroid dienone is 2. The number of esters is 1. The minimum absolute atomic E-state index is 0.0304. The highest BCUT2D eigenvalue weighted by Gasteiger charge is 2.20. The summed E-state index contributed by atoms with van der Waals surface area (Å²) in [4.78, 5) is 25.2. The minimum atomic E-state index is -4.53. The van der Waals surface area contributed by atoms with E-state index in [0.29, 0.717) is 24.1 Å². The van der Waals surface area contributed by atoms with E-state index in [9.17, 15) is 14.3 Å². The van der Waals surface area contributed by atoms with Crippen LogP contribution in [0.4, 0.5) is 0 Å². The van der Waals surface area contributed by atoms with Gasteiger partial charge in [-0.3, -0.25) is 9.36 Å². The molecule has 0 aromatic carbocycles. The van der Waals surface area contributed by atoms with E-state index in [4.69, 9.17) is 18.5 Å². The van der Waals surface area contributed by atoms with Crippen LogP contribution in [0.2, 0.25) is 0 Å². The lowest BCUT2D eigenvalue weighted by Gasteiger charge is -2.28. The van der Waals surface area contributed by atoms with Crippen LogP contribution in [-0.4, -0.2) is 70.7 Å². The van der Waals surface area contributed by atoms with Crippen LogP contribution >= 0.6 is 7.82 Å². The number of unbranched alkanes of at least 4 members (excludes halogenated alkanes) is 39. The predicted molar refractivity (Wildman–Crippen MR) is 282 cm³/mol. The van der Waals surface area contributed by atoms with Gasteiger partial charge in [0, 0.05) is 13.0 Å². The molecule has 0 fully saturated rings. The fourth-order valence-corrected chi connectivity index (χ4v) is 9.33. The highest BCUT2D eigenvalue weighted by atomic mass is 31.2. The summed E-state index contributed by atoms with van der Waals surface area (Å²) >= 11 is 0. The van der Waals surface area contributed by atoms with E-state index in [-0.39, 0.29) is 25.8 Å². The zero-order valence-corrected chi connectivity index (χ0v) is 45.8. The Morgan fingerprint density at radius 3 is 1.15 bits per heavy atom. The van der Waals surface area contributed by atoms with Gasteiger partial charge in [0.25, 0.3) is 7.82 Å². The predicted octanol–water partition coefficient (Wildman–Crippen LogP) is 17.5. The van der Waals surface area contributed by atoms with Crippen molar-refractivity contribution in [3.8, 4) is 0 Å². The van der Waals surface area contributed by atoms with Gasteiger partial charge in [-0.1, -0.05) is 257 Å². The lowest BCUT2D eigenvalue weighted by atomic mass is 10.0. The van der Waals surface area contributed by atoms with E-state index < -0.39 is 13.9 Å². The number of carbonyl (C=O) groups excluding carboxylic acids is 1. The van der Waals surface area contributed by atoms with Crippen molar-refractivity contribution < 1.29 is 37.3 Å². The Morgan fingerprint density at radius 1 is 0.455 bits per heavy atom. The van der Waals surface area contributed by atoms with Crippen LogP contribution in [0.1, 0.15) is 290 Å². The topological polar surface area (TPSA) is 94.1 Å². The van der Waals surface area contributed by atoms with Gasteiger partial charge in [-0.15, -0.1) is 0 Å². The second kappa shape index (κ2) is 50.6. The summed E-state index contributed by atoms with van der Waals surface area (Å²) in [5.74, 6) is -0.326. The van der Waals surface area contributed by atoms with Crippen molar-refractivity contribution in [3.63, 3.8) is 0 Å².